The highest BCUT2D eigenvalue weighted by molar-refractivity contribution is 5.86. The SMILES string of the molecule is O=C1CC[C@H](C(=O)[O-])C1. The summed E-state index contributed by atoms with van der Waals surface area (Å²) in [5, 5.41) is 10.1. The largest absolute Gasteiger partial charge is 0.550 e. The molecule has 0 amide bonds. The molecule has 9 heavy (non-hydrogen) atoms. The van der Waals surface area contributed by atoms with E-state index in [1.54, 1.807) is 0 Å². The molecule has 0 bridgehead atoms. The van der Waals surface area contributed by atoms with E-state index < -0.39 is 11.9 Å². The smallest absolute Gasteiger partial charge is 0.133 e. The van der Waals surface area contributed by atoms with Gasteiger partial charge in [0, 0.05) is 24.7 Å². The Bertz CT molecular complexity index is 150. The number of hydrogen-bond donors (Lipinski definition) is 0. The van der Waals surface area contributed by atoms with Crippen LogP contribution in [0.3, 0.4) is 0 Å². The second kappa shape index (κ2) is 2.17. The first-order valence-corrected chi connectivity index (χ1v) is 2.92. The van der Waals surface area contributed by atoms with E-state index >= 15 is 0 Å². The summed E-state index contributed by atoms with van der Waals surface area (Å²) in [5.41, 5.74) is 0. The molecule has 1 atom stereocenters. The van der Waals surface area contributed by atoms with E-state index in [1.165, 1.54) is 0 Å². The van der Waals surface area contributed by atoms with Crippen LogP contribution in [0.5, 0.6) is 0 Å². The molecule has 0 aromatic carbocycles. The number of carboxylic acids is 1. The summed E-state index contributed by atoms with van der Waals surface area (Å²) in [7, 11) is 0. The predicted molar refractivity (Wildman–Crippen MR) is 27.4 cm³/mol. The first-order chi connectivity index (χ1) is 4.20. The zero-order valence-electron chi connectivity index (χ0n) is 4.92. The molecule has 0 saturated heterocycles. The summed E-state index contributed by atoms with van der Waals surface area (Å²) < 4.78 is 0. The van der Waals surface area contributed by atoms with E-state index in [0.717, 1.165) is 0 Å². The van der Waals surface area contributed by atoms with Gasteiger partial charge in [0.15, 0.2) is 0 Å². The lowest BCUT2D eigenvalue weighted by molar-refractivity contribution is -0.311. The fourth-order valence-electron chi connectivity index (χ4n) is 1.02. The molecule has 0 N–H and O–H groups in total. The van der Waals surface area contributed by atoms with Crippen LogP contribution < -0.4 is 5.11 Å². The minimum Gasteiger partial charge on any atom is -0.550 e. The van der Waals surface area contributed by atoms with Crippen molar-refractivity contribution < 1.29 is 14.7 Å². The molecule has 1 rings (SSSR count). The van der Waals surface area contributed by atoms with Crippen LogP contribution in [0, 0.1) is 5.92 Å². The first kappa shape index (κ1) is 6.26. The summed E-state index contributed by atoms with van der Waals surface area (Å²) in [6, 6.07) is 0. The molecule has 3 heteroatoms. The minimum absolute atomic E-state index is 0.0456. The van der Waals surface area contributed by atoms with Crippen LogP contribution in [0.15, 0.2) is 0 Å². The Hall–Kier alpha value is -0.860. The lowest BCUT2D eigenvalue weighted by Gasteiger charge is -2.06. The van der Waals surface area contributed by atoms with Gasteiger partial charge in [-0.2, -0.15) is 0 Å². The summed E-state index contributed by atoms with van der Waals surface area (Å²) >= 11 is 0. The van der Waals surface area contributed by atoms with E-state index in [9.17, 15) is 14.7 Å². The summed E-state index contributed by atoms with van der Waals surface area (Å²) in [4.78, 5) is 20.6. The maximum Gasteiger partial charge on any atom is 0.133 e. The molecule has 0 unspecified atom stereocenters. The van der Waals surface area contributed by atoms with Crippen molar-refractivity contribution in [3.63, 3.8) is 0 Å². The molecule has 0 aromatic rings. The molecule has 0 aromatic heterocycles. The van der Waals surface area contributed by atoms with Crippen molar-refractivity contribution in [3.05, 3.63) is 0 Å². The minimum atomic E-state index is -1.08. The van der Waals surface area contributed by atoms with Crippen LogP contribution in [0.1, 0.15) is 19.3 Å². The standard InChI is InChI=1S/C6H8O3/c7-5-2-1-4(3-5)6(8)9/h4H,1-3H2,(H,8,9)/p-1/t4-/m0/s1. The maximum atomic E-state index is 10.5. The Morgan fingerprint density at radius 3 is 2.56 bits per heavy atom. The third-order valence-corrected chi connectivity index (χ3v) is 1.58. The molecule has 0 radical (unpaired) electrons. The third-order valence-electron chi connectivity index (χ3n) is 1.58. The number of aliphatic carboxylic acids is 1. The van der Waals surface area contributed by atoms with Gasteiger partial charge in [-0.05, 0) is 6.42 Å². The second-order valence-corrected chi connectivity index (χ2v) is 2.30. The van der Waals surface area contributed by atoms with E-state index in [0.29, 0.717) is 12.8 Å². The van der Waals surface area contributed by atoms with Crippen LogP contribution in [-0.4, -0.2) is 11.8 Å². The fraction of sp³-hybridized carbons (Fsp3) is 0.667. The summed E-state index contributed by atoms with van der Waals surface area (Å²) in [6.45, 7) is 0. The van der Waals surface area contributed by atoms with Gasteiger partial charge in [-0.25, -0.2) is 0 Å². The molecule has 1 fully saturated rings. The molecule has 1 aliphatic rings. The third kappa shape index (κ3) is 1.28. The van der Waals surface area contributed by atoms with Gasteiger partial charge in [-0.1, -0.05) is 0 Å². The highest BCUT2D eigenvalue weighted by Crippen LogP contribution is 2.20. The van der Waals surface area contributed by atoms with E-state index in [1.807, 2.05) is 0 Å². The van der Waals surface area contributed by atoms with Crippen LogP contribution >= 0.6 is 0 Å². The number of Topliss-reactive ketones (excluding diaryl/α,β-unsaturated/α-hetero) is 1. The average Bonchev–Trinajstić information content (AvgIpc) is 2.14. The highest BCUT2D eigenvalue weighted by Gasteiger charge is 2.22. The quantitative estimate of drug-likeness (QED) is 0.459. The first-order valence-electron chi connectivity index (χ1n) is 2.92. The Morgan fingerprint density at radius 1 is 1.67 bits per heavy atom. The van der Waals surface area contributed by atoms with E-state index in [4.69, 9.17) is 0 Å². The monoisotopic (exact) mass is 127 g/mol. The van der Waals surface area contributed by atoms with Crippen LogP contribution in [0.2, 0.25) is 0 Å². The summed E-state index contributed by atoms with van der Waals surface area (Å²) in [5.74, 6) is -1.54. The van der Waals surface area contributed by atoms with Crippen LogP contribution in [0.4, 0.5) is 0 Å². The Morgan fingerprint density at radius 2 is 2.33 bits per heavy atom. The van der Waals surface area contributed by atoms with Crippen molar-refractivity contribution in [1.82, 2.24) is 0 Å². The van der Waals surface area contributed by atoms with Crippen molar-refractivity contribution >= 4 is 11.8 Å². The molecule has 0 aliphatic heterocycles. The Labute approximate surface area is 52.7 Å². The van der Waals surface area contributed by atoms with Gasteiger partial charge in [-0.15, -0.1) is 0 Å². The van der Waals surface area contributed by atoms with Gasteiger partial charge in [-0.3, -0.25) is 4.79 Å². The number of ketones is 1. The molecular weight excluding hydrogens is 120 g/mol. The number of hydrogen-bond acceptors (Lipinski definition) is 3. The maximum absolute atomic E-state index is 10.5. The molecule has 0 spiro atoms. The van der Waals surface area contributed by atoms with Gasteiger partial charge in [0.2, 0.25) is 0 Å². The molecule has 1 saturated carbocycles. The van der Waals surface area contributed by atoms with Gasteiger partial charge in [0.05, 0.1) is 0 Å². The van der Waals surface area contributed by atoms with Crippen molar-refractivity contribution in [2.45, 2.75) is 19.3 Å². The number of rotatable bonds is 1. The Kier molecular flexibility index (Phi) is 1.51. The molecule has 3 nitrogen and oxygen atoms in total. The molecular formula is C6H7O3-. The lowest BCUT2D eigenvalue weighted by Crippen LogP contribution is -2.29. The van der Waals surface area contributed by atoms with Crippen LogP contribution in [0.25, 0.3) is 0 Å². The molecule has 0 heterocycles. The van der Waals surface area contributed by atoms with Crippen molar-refractivity contribution in [1.29, 1.82) is 0 Å². The van der Waals surface area contributed by atoms with Gasteiger partial charge >= 0.3 is 0 Å². The van der Waals surface area contributed by atoms with E-state index in [2.05, 4.69) is 0 Å². The normalized spacial score (nSPS) is 26.7. The number of carbonyl (C=O) groups is 2. The van der Waals surface area contributed by atoms with Gasteiger partial charge < -0.3 is 9.90 Å². The zero-order chi connectivity index (χ0) is 6.85. The van der Waals surface area contributed by atoms with Crippen molar-refractivity contribution in [3.8, 4) is 0 Å². The number of carbonyl (C=O) groups excluding carboxylic acids is 2. The van der Waals surface area contributed by atoms with E-state index in [-0.39, 0.29) is 12.2 Å². The molecule has 50 valence electrons. The van der Waals surface area contributed by atoms with Crippen molar-refractivity contribution in [2.75, 3.05) is 0 Å². The van der Waals surface area contributed by atoms with Gasteiger partial charge in [0.1, 0.15) is 5.78 Å². The fourth-order valence-corrected chi connectivity index (χ4v) is 1.02. The highest BCUT2D eigenvalue weighted by atomic mass is 16.4. The summed E-state index contributed by atoms with van der Waals surface area (Å²) in [6.07, 6.45) is 1.07. The van der Waals surface area contributed by atoms with Gasteiger partial charge in [0.25, 0.3) is 0 Å². The lowest BCUT2D eigenvalue weighted by atomic mass is 10.1. The topological polar surface area (TPSA) is 57.2 Å². The zero-order valence-corrected chi connectivity index (χ0v) is 4.92. The Balaban J connectivity index is 2.48. The second-order valence-electron chi connectivity index (χ2n) is 2.30. The van der Waals surface area contributed by atoms with Crippen LogP contribution in [-0.2, 0) is 9.59 Å². The van der Waals surface area contributed by atoms with Crippen molar-refractivity contribution in [2.24, 2.45) is 5.92 Å². The average molecular weight is 127 g/mol. The number of carboxylic acid groups (broad SMARTS) is 1. The molecule has 1 aliphatic carbocycles. The predicted octanol–water partition coefficient (Wildman–Crippen LogP) is -0.895.